The van der Waals surface area contributed by atoms with Crippen molar-refractivity contribution < 1.29 is 50.6 Å². The molecular formula is C25H40O11S. The smallest absolute Gasteiger partial charge is 0.333 e. The van der Waals surface area contributed by atoms with E-state index in [9.17, 15) is 13.2 Å². The molecule has 37 heavy (non-hydrogen) atoms. The number of hydrogen-bond acceptors (Lipinski definition) is 11. The van der Waals surface area contributed by atoms with E-state index >= 15 is 0 Å². The lowest BCUT2D eigenvalue weighted by molar-refractivity contribution is -0.140. The van der Waals surface area contributed by atoms with Crippen molar-refractivity contribution in [3.8, 4) is 0 Å². The Labute approximate surface area is 220 Å². The number of carbonyl (C=O) groups excluding carboxylic acids is 1. The zero-order valence-electron chi connectivity index (χ0n) is 21.8. The number of carbonyl (C=O) groups is 1. The summed E-state index contributed by atoms with van der Waals surface area (Å²) in [5.74, 6) is -0.423. The van der Waals surface area contributed by atoms with Gasteiger partial charge >= 0.3 is 5.97 Å². The van der Waals surface area contributed by atoms with Gasteiger partial charge in [-0.25, -0.2) is 4.79 Å². The molecule has 0 aliphatic rings. The van der Waals surface area contributed by atoms with Gasteiger partial charge in [0.05, 0.1) is 90.8 Å². The van der Waals surface area contributed by atoms with Crippen LogP contribution in [-0.4, -0.2) is 107 Å². The van der Waals surface area contributed by atoms with Crippen molar-refractivity contribution in [1.29, 1.82) is 0 Å². The van der Waals surface area contributed by atoms with Crippen LogP contribution in [0.15, 0.2) is 41.3 Å². The van der Waals surface area contributed by atoms with Gasteiger partial charge in [-0.15, -0.1) is 0 Å². The first-order chi connectivity index (χ1) is 17.8. The van der Waals surface area contributed by atoms with Gasteiger partial charge in [-0.1, -0.05) is 24.3 Å². The number of ether oxygens (including phenoxy) is 7. The Hall–Kier alpha value is -1.90. The van der Waals surface area contributed by atoms with Crippen LogP contribution in [0.1, 0.15) is 12.5 Å². The van der Waals surface area contributed by atoms with E-state index in [1.54, 1.807) is 19.1 Å². The summed E-state index contributed by atoms with van der Waals surface area (Å²) in [6, 6.07) is 6.46. The van der Waals surface area contributed by atoms with E-state index in [0.29, 0.717) is 78.2 Å². The standard InChI is InChI=1S/C25H40O11S/c1-22(2)25(26)35-20-18-33-16-14-31-12-10-29-8-9-30-11-13-32-15-17-34-19-21-36-37(27,28)24-6-4-23(3)5-7-24/h4-7H,1,8-21H2,2-3H3. The van der Waals surface area contributed by atoms with E-state index in [4.69, 9.17) is 37.3 Å². The van der Waals surface area contributed by atoms with Crippen LogP contribution in [0.3, 0.4) is 0 Å². The van der Waals surface area contributed by atoms with Crippen molar-refractivity contribution in [1.82, 2.24) is 0 Å². The third-order valence-electron chi connectivity index (χ3n) is 4.45. The molecule has 0 atom stereocenters. The van der Waals surface area contributed by atoms with Crippen LogP contribution in [0.5, 0.6) is 0 Å². The van der Waals surface area contributed by atoms with Crippen LogP contribution in [0.25, 0.3) is 0 Å². The van der Waals surface area contributed by atoms with Crippen molar-refractivity contribution in [2.75, 3.05) is 92.5 Å². The molecule has 0 N–H and O–H groups in total. The molecule has 1 aromatic rings. The summed E-state index contributed by atoms with van der Waals surface area (Å²) in [6.45, 7) is 11.7. The van der Waals surface area contributed by atoms with Gasteiger partial charge in [0.25, 0.3) is 10.1 Å². The second-order valence-corrected chi connectivity index (χ2v) is 9.29. The van der Waals surface area contributed by atoms with E-state index in [2.05, 4.69) is 6.58 Å². The fraction of sp³-hybridized carbons (Fsp3) is 0.640. The maximum atomic E-state index is 12.0. The summed E-state index contributed by atoms with van der Waals surface area (Å²) in [6.07, 6.45) is 0. The number of rotatable bonds is 24. The molecule has 0 saturated heterocycles. The van der Waals surface area contributed by atoms with Crippen LogP contribution in [0.2, 0.25) is 0 Å². The maximum Gasteiger partial charge on any atom is 0.333 e. The average molecular weight is 549 g/mol. The van der Waals surface area contributed by atoms with Gasteiger partial charge in [0, 0.05) is 5.57 Å². The number of aryl methyl sites for hydroxylation is 1. The Morgan fingerprint density at radius 2 is 1.00 bits per heavy atom. The van der Waals surface area contributed by atoms with E-state index in [1.165, 1.54) is 12.1 Å². The van der Waals surface area contributed by atoms with Crippen LogP contribution in [-0.2, 0) is 52.3 Å². The molecule has 12 heteroatoms. The molecule has 0 fully saturated rings. The lowest BCUT2D eigenvalue weighted by Gasteiger charge is -2.09. The van der Waals surface area contributed by atoms with Crippen molar-refractivity contribution in [2.45, 2.75) is 18.7 Å². The predicted molar refractivity (Wildman–Crippen MR) is 135 cm³/mol. The summed E-state index contributed by atoms with van der Waals surface area (Å²) in [4.78, 5) is 11.3. The summed E-state index contributed by atoms with van der Waals surface area (Å²) in [5.41, 5.74) is 1.33. The van der Waals surface area contributed by atoms with Crippen LogP contribution < -0.4 is 0 Å². The Bertz CT molecular complexity index is 841. The lowest BCUT2D eigenvalue weighted by Crippen LogP contribution is -2.15. The summed E-state index contributed by atoms with van der Waals surface area (Å²) < 4.78 is 66.0. The largest absolute Gasteiger partial charge is 0.460 e. The van der Waals surface area contributed by atoms with Crippen molar-refractivity contribution >= 4 is 16.1 Å². The highest BCUT2D eigenvalue weighted by molar-refractivity contribution is 7.86. The number of esters is 1. The molecule has 0 radical (unpaired) electrons. The predicted octanol–water partition coefficient (Wildman–Crippen LogP) is 1.92. The Morgan fingerprint density at radius 1 is 0.649 bits per heavy atom. The normalized spacial score (nSPS) is 11.5. The van der Waals surface area contributed by atoms with E-state index in [0.717, 1.165) is 5.56 Å². The minimum atomic E-state index is -3.77. The molecular weight excluding hydrogens is 508 g/mol. The molecule has 0 bridgehead atoms. The lowest BCUT2D eigenvalue weighted by atomic mass is 10.2. The van der Waals surface area contributed by atoms with Crippen molar-refractivity contribution in [2.24, 2.45) is 0 Å². The van der Waals surface area contributed by atoms with Crippen LogP contribution in [0.4, 0.5) is 0 Å². The van der Waals surface area contributed by atoms with Crippen molar-refractivity contribution in [3.63, 3.8) is 0 Å². The second-order valence-electron chi connectivity index (χ2n) is 7.68. The molecule has 1 rings (SSSR count). The summed E-state index contributed by atoms with van der Waals surface area (Å²) in [5, 5.41) is 0. The molecule has 212 valence electrons. The second kappa shape index (κ2) is 21.1. The van der Waals surface area contributed by atoms with Crippen molar-refractivity contribution in [3.05, 3.63) is 42.0 Å². The molecule has 0 spiro atoms. The zero-order chi connectivity index (χ0) is 27.2. The third kappa shape index (κ3) is 18.1. The Morgan fingerprint density at radius 3 is 1.38 bits per heavy atom. The Balaban J connectivity index is 1.77. The van der Waals surface area contributed by atoms with Crippen LogP contribution in [0, 0.1) is 6.92 Å². The summed E-state index contributed by atoms with van der Waals surface area (Å²) in [7, 11) is -3.77. The van der Waals surface area contributed by atoms with Gasteiger partial charge in [0.2, 0.25) is 0 Å². The molecule has 0 amide bonds. The highest BCUT2D eigenvalue weighted by atomic mass is 32.2. The molecule has 1 aromatic carbocycles. The number of benzene rings is 1. The van der Waals surface area contributed by atoms with E-state index < -0.39 is 16.1 Å². The van der Waals surface area contributed by atoms with E-state index in [1.807, 2.05) is 6.92 Å². The quantitative estimate of drug-likeness (QED) is 0.0814. The topological polar surface area (TPSA) is 125 Å². The minimum Gasteiger partial charge on any atom is -0.460 e. The van der Waals surface area contributed by atoms with Crippen LogP contribution >= 0.6 is 0 Å². The molecule has 0 saturated carbocycles. The summed E-state index contributed by atoms with van der Waals surface area (Å²) >= 11 is 0. The van der Waals surface area contributed by atoms with Gasteiger partial charge in [0.1, 0.15) is 6.61 Å². The first-order valence-corrected chi connectivity index (χ1v) is 13.5. The third-order valence-corrected chi connectivity index (χ3v) is 5.77. The fourth-order valence-corrected chi connectivity index (χ4v) is 3.39. The van der Waals surface area contributed by atoms with E-state index in [-0.39, 0.29) is 24.7 Å². The molecule has 11 nitrogen and oxygen atoms in total. The van der Waals surface area contributed by atoms with Gasteiger partial charge in [-0.2, -0.15) is 8.42 Å². The number of hydrogen-bond donors (Lipinski definition) is 0. The molecule has 0 aromatic heterocycles. The Kier molecular flexibility index (Phi) is 18.9. The zero-order valence-corrected chi connectivity index (χ0v) is 22.6. The molecule has 0 heterocycles. The SMILES string of the molecule is C=C(C)C(=O)OCCOCCOCCOCCOCCOCCOCCOS(=O)(=O)c1ccc(C)cc1. The maximum absolute atomic E-state index is 12.0. The monoisotopic (exact) mass is 548 g/mol. The molecule has 0 aliphatic carbocycles. The average Bonchev–Trinajstić information content (AvgIpc) is 2.87. The molecule has 0 unspecified atom stereocenters. The fourth-order valence-electron chi connectivity index (χ4n) is 2.49. The minimum absolute atomic E-state index is 0.0626. The highest BCUT2D eigenvalue weighted by Crippen LogP contribution is 2.12. The highest BCUT2D eigenvalue weighted by Gasteiger charge is 2.14. The molecule has 0 aliphatic heterocycles. The van der Waals surface area contributed by atoms with Gasteiger partial charge in [-0.3, -0.25) is 4.18 Å². The van der Waals surface area contributed by atoms with Gasteiger partial charge in [0.15, 0.2) is 0 Å². The first-order valence-electron chi connectivity index (χ1n) is 12.1. The first kappa shape index (κ1) is 33.1. The van der Waals surface area contributed by atoms with Gasteiger partial charge < -0.3 is 33.2 Å². The van der Waals surface area contributed by atoms with Gasteiger partial charge in [-0.05, 0) is 26.0 Å².